The van der Waals surface area contributed by atoms with Gasteiger partial charge in [-0.2, -0.15) is 0 Å². The molecule has 2 saturated heterocycles. The van der Waals surface area contributed by atoms with Crippen molar-refractivity contribution in [2.24, 2.45) is 0 Å². The highest BCUT2D eigenvalue weighted by molar-refractivity contribution is 6.23. The first-order valence-electron chi connectivity index (χ1n) is 5.97. The summed E-state index contributed by atoms with van der Waals surface area (Å²) in [6.45, 7) is 2.30. The van der Waals surface area contributed by atoms with E-state index in [1.807, 2.05) is 0 Å². The highest BCUT2D eigenvalue weighted by Gasteiger charge is 2.54. The molecule has 2 fully saturated rings. The van der Waals surface area contributed by atoms with E-state index in [0.717, 1.165) is 12.8 Å². The first kappa shape index (κ1) is 13.3. The van der Waals surface area contributed by atoms with Crippen molar-refractivity contribution >= 4 is 11.6 Å². The van der Waals surface area contributed by atoms with Gasteiger partial charge in [0.2, 0.25) is 5.79 Å². The van der Waals surface area contributed by atoms with Crippen LogP contribution in [0.4, 0.5) is 0 Å². The minimum atomic E-state index is -0.978. The zero-order valence-corrected chi connectivity index (χ0v) is 11.0. The topological polar surface area (TPSA) is 38.7 Å². The van der Waals surface area contributed by atoms with Gasteiger partial charge in [0.15, 0.2) is 0 Å². The minimum Gasteiger partial charge on any atom is -0.461 e. The lowest BCUT2D eigenvalue weighted by molar-refractivity contribution is -0.253. The maximum Gasteiger partial charge on any atom is 0.238 e. The number of hydrogen-bond acceptors (Lipinski definition) is 3. The van der Waals surface area contributed by atoms with E-state index in [9.17, 15) is 5.11 Å². The molecule has 0 radical (unpaired) electrons. The van der Waals surface area contributed by atoms with Crippen LogP contribution in [0.15, 0.2) is 11.8 Å². The summed E-state index contributed by atoms with van der Waals surface area (Å²) in [6.07, 6.45) is 3.29. The van der Waals surface area contributed by atoms with Gasteiger partial charge in [0.05, 0.1) is 6.61 Å². The van der Waals surface area contributed by atoms with Gasteiger partial charge in [0, 0.05) is 12.5 Å². The molecule has 0 saturated carbocycles. The Morgan fingerprint density at radius 2 is 2.28 bits per heavy atom. The van der Waals surface area contributed by atoms with Gasteiger partial charge in [-0.1, -0.05) is 11.8 Å². The van der Waals surface area contributed by atoms with Crippen LogP contribution in [0, 0.1) is 23.7 Å². The number of alkyl halides is 1. The third-order valence-corrected chi connectivity index (χ3v) is 3.48. The van der Waals surface area contributed by atoms with E-state index >= 15 is 0 Å². The van der Waals surface area contributed by atoms with Crippen LogP contribution in [0.5, 0.6) is 0 Å². The van der Waals surface area contributed by atoms with E-state index in [0.29, 0.717) is 18.8 Å². The Bertz CT molecular complexity index is 455. The molecular weight excluding hydrogens is 252 g/mol. The predicted octanol–water partition coefficient (Wildman–Crippen LogP) is 1.79. The molecule has 4 heteroatoms. The fourth-order valence-corrected chi connectivity index (χ4v) is 2.41. The summed E-state index contributed by atoms with van der Waals surface area (Å²) in [5.41, 5.74) is 0. The molecule has 3 atom stereocenters. The Kier molecular flexibility index (Phi) is 4.19. The molecule has 0 amide bonds. The third-order valence-electron chi connectivity index (χ3n) is 3.03. The normalized spacial score (nSPS) is 36.5. The second-order valence-corrected chi connectivity index (χ2v) is 4.73. The lowest BCUT2D eigenvalue weighted by Gasteiger charge is -2.34. The van der Waals surface area contributed by atoms with Crippen molar-refractivity contribution in [1.82, 2.24) is 0 Å². The maximum atomic E-state index is 10.1. The average Bonchev–Trinajstić information content (AvgIpc) is 2.61. The summed E-state index contributed by atoms with van der Waals surface area (Å²) in [6, 6.07) is 0. The van der Waals surface area contributed by atoms with Gasteiger partial charge in [0.1, 0.15) is 17.2 Å². The van der Waals surface area contributed by atoms with Gasteiger partial charge < -0.3 is 14.6 Å². The molecular formula is C14H15ClO3. The van der Waals surface area contributed by atoms with Crippen LogP contribution in [0.25, 0.3) is 0 Å². The average molecular weight is 267 g/mol. The number of halogens is 1. The SMILES string of the molecule is CC#CC#C/C=C1/O[C@@]2(CCCCO2)[C@H](O)[C@H]1Cl. The minimum absolute atomic E-state index is 0.455. The number of ether oxygens (including phenoxy) is 2. The Morgan fingerprint density at radius 3 is 2.94 bits per heavy atom. The molecule has 96 valence electrons. The van der Waals surface area contributed by atoms with Crippen molar-refractivity contribution in [1.29, 1.82) is 0 Å². The predicted molar refractivity (Wildman–Crippen MR) is 68.6 cm³/mol. The molecule has 2 heterocycles. The summed E-state index contributed by atoms with van der Waals surface area (Å²) < 4.78 is 11.3. The zero-order valence-electron chi connectivity index (χ0n) is 10.2. The van der Waals surface area contributed by atoms with Gasteiger partial charge in [-0.3, -0.25) is 0 Å². The van der Waals surface area contributed by atoms with Crippen molar-refractivity contribution in [2.45, 2.75) is 43.5 Å². The molecule has 2 rings (SSSR count). The number of allylic oxidation sites excluding steroid dienone is 1. The van der Waals surface area contributed by atoms with E-state index in [4.69, 9.17) is 21.1 Å². The lowest BCUT2D eigenvalue weighted by Crippen LogP contribution is -2.46. The quantitative estimate of drug-likeness (QED) is 0.537. The van der Waals surface area contributed by atoms with Crippen LogP contribution in [0.1, 0.15) is 26.2 Å². The molecule has 0 aliphatic carbocycles. The maximum absolute atomic E-state index is 10.1. The number of aliphatic hydroxyl groups excluding tert-OH is 1. The molecule has 0 aromatic rings. The first-order valence-corrected chi connectivity index (χ1v) is 6.41. The number of hydrogen-bond donors (Lipinski definition) is 1. The number of rotatable bonds is 0. The van der Waals surface area contributed by atoms with Crippen LogP contribution >= 0.6 is 11.6 Å². The summed E-state index contributed by atoms with van der Waals surface area (Å²) in [5.74, 6) is 10.1. The van der Waals surface area contributed by atoms with E-state index in [2.05, 4.69) is 23.7 Å². The molecule has 0 aromatic heterocycles. The first-order chi connectivity index (χ1) is 8.69. The highest BCUT2D eigenvalue weighted by Crippen LogP contribution is 2.42. The molecule has 0 bridgehead atoms. The third kappa shape index (κ3) is 2.49. The summed E-state index contributed by atoms with van der Waals surface area (Å²) in [5, 5.41) is 9.53. The van der Waals surface area contributed by atoms with Gasteiger partial charge in [-0.05, 0) is 31.6 Å². The molecule has 18 heavy (non-hydrogen) atoms. The summed E-state index contributed by atoms with van der Waals surface area (Å²) >= 11 is 6.14. The highest BCUT2D eigenvalue weighted by atomic mass is 35.5. The Hall–Kier alpha value is -1.13. The Balaban J connectivity index is 2.16. The van der Waals surface area contributed by atoms with Gasteiger partial charge >= 0.3 is 0 Å². The Morgan fingerprint density at radius 1 is 1.44 bits per heavy atom. The van der Waals surface area contributed by atoms with Crippen molar-refractivity contribution in [2.75, 3.05) is 6.61 Å². The molecule has 1 N–H and O–H groups in total. The standard InChI is InChI=1S/C14H15ClO3/c1-2-3-4-5-8-11-12(15)13(16)14(18-11)9-6-7-10-17-14/h8,12-13,16H,6-7,9-10H2,1H3/b11-8+/t12-,13+,14-/m0/s1. The van der Waals surface area contributed by atoms with E-state index in [1.54, 1.807) is 13.0 Å². The van der Waals surface area contributed by atoms with Crippen molar-refractivity contribution in [3.8, 4) is 23.7 Å². The fraction of sp³-hybridized carbons (Fsp3) is 0.571. The van der Waals surface area contributed by atoms with E-state index in [1.165, 1.54) is 0 Å². The van der Waals surface area contributed by atoms with Crippen molar-refractivity contribution < 1.29 is 14.6 Å². The second kappa shape index (κ2) is 5.67. The van der Waals surface area contributed by atoms with Crippen LogP contribution in [0.2, 0.25) is 0 Å². The van der Waals surface area contributed by atoms with Crippen LogP contribution in [-0.2, 0) is 9.47 Å². The van der Waals surface area contributed by atoms with Crippen LogP contribution in [-0.4, -0.2) is 29.0 Å². The van der Waals surface area contributed by atoms with Crippen molar-refractivity contribution in [3.63, 3.8) is 0 Å². The molecule has 1 spiro atoms. The van der Waals surface area contributed by atoms with Crippen molar-refractivity contribution in [3.05, 3.63) is 11.8 Å². The molecule has 3 nitrogen and oxygen atoms in total. The molecule has 0 aromatic carbocycles. The largest absolute Gasteiger partial charge is 0.461 e. The molecule has 0 unspecified atom stereocenters. The smallest absolute Gasteiger partial charge is 0.238 e. The second-order valence-electron chi connectivity index (χ2n) is 4.26. The van der Waals surface area contributed by atoms with E-state index < -0.39 is 17.3 Å². The molecule has 2 aliphatic rings. The van der Waals surface area contributed by atoms with E-state index in [-0.39, 0.29) is 0 Å². The Labute approximate surface area is 112 Å². The van der Waals surface area contributed by atoms with Gasteiger partial charge in [-0.25, -0.2) is 0 Å². The monoisotopic (exact) mass is 266 g/mol. The van der Waals surface area contributed by atoms with Crippen LogP contribution in [0.3, 0.4) is 0 Å². The molecule has 2 aliphatic heterocycles. The van der Waals surface area contributed by atoms with Gasteiger partial charge in [0.25, 0.3) is 0 Å². The van der Waals surface area contributed by atoms with Crippen LogP contribution < -0.4 is 0 Å². The fourth-order valence-electron chi connectivity index (χ4n) is 2.11. The van der Waals surface area contributed by atoms with Gasteiger partial charge in [-0.15, -0.1) is 11.6 Å². The zero-order chi connectivity index (χ0) is 13.0. The lowest BCUT2D eigenvalue weighted by atomic mass is 10.00. The summed E-state index contributed by atoms with van der Waals surface area (Å²) in [7, 11) is 0. The summed E-state index contributed by atoms with van der Waals surface area (Å²) in [4.78, 5) is 0. The number of aliphatic hydroxyl groups is 1.